The first-order chi connectivity index (χ1) is 12.8. The first-order valence-corrected chi connectivity index (χ1v) is 9.45. The molecular weight excluding hydrogens is 366 g/mol. The zero-order valence-electron chi connectivity index (χ0n) is 16.4. The van der Waals surface area contributed by atoms with Crippen molar-refractivity contribution in [3.8, 4) is 0 Å². The average Bonchev–Trinajstić information content (AvgIpc) is 2.89. The largest absolute Gasteiger partial charge is 0.449 e. The number of esters is 1. The highest BCUT2D eigenvalue weighted by atomic mass is 35.5. The van der Waals surface area contributed by atoms with Crippen LogP contribution in [0, 0.1) is 20.8 Å². The summed E-state index contributed by atoms with van der Waals surface area (Å²) in [5.74, 6) is -1.04. The Morgan fingerprint density at radius 3 is 2.48 bits per heavy atom. The van der Waals surface area contributed by atoms with Gasteiger partial charge in [0, 0.05) is 12.2 Å². The number of para-hydroxylation sites is 1. The minimum atomic E-state index is -0.967. The van der Waals surface area contributed by atoms with E-state index >= 15 is 0 Å². The Balaban J connectivity index is 2.09. The predicted molar refractivity (Wildman–Crippen MR) is 106 cm³/mol. The van der Waals surface area contributed by atoms with E-state index in [1.807, 2.05) is 32.0 Å². The van der Waals surface area contributed by atoms with Gasteiger partial charge in [-0.2, -0.15) is 5.10 Å². The van der Waals surface area contributed by atoms with Gasteiger partial charge in [-0.3, -0.25) is 9.48 Å². The number of ether oxygens (including phenoxy) is 1. The van der Waals surface area contributed by atoms with E-state index in [4.69, 9.17) is 16.3 Å². The molecule has 1 atom stereocenters. The second-order valence-corrected chi connectivity index (χ2v) is 6.99. The van der Waals surface area contributed by atoms with E-state index < -0.39 is 18.0 Å². The van der Waals surface area contributed by atoms with Gasteiger partial charge in [0.05, 0.1) is 5.69 Å². The summed E-state index contributed by atoms with van der Waals surface area (Å²) in [6.45, 7) is 9.75. The van der Waals surface area contributed by atoms with Gasteiger partial charge in [0.2, 0.25) is 0 Å². The van der Waals surface area contributed by atoms with Crippen molar-refractivity contribution in [3.63, 3.8) is 0 Å². The molecule has 1 N–H and O–H groups in total. The molecule has 0 spiro atoms. The number of aromatic nitrogens is 2. The molecule has 0 radical (unpaired) electrons. The number of amides is 1. The van der Waals surface area contributed by atoms with Gasteiger partial charge in [0.25, 0.3) is 5.91 Å². The van der Waals surface area contributed by atoms with Crippen LogP contribution >= 0.6 is 11.6 Å². The zero-order valence-corrected chi connectivity index (χ0v) is 17.2. The molecule has 7 heteroatoms. The summed E-state index contributed by atoms with van der Waals surface area (Å²) in [4.78, 5) is 25.0. The lowest BCUT2D eigenvalue weighted by molar-refractivity contribution is -0.123. The molecule has 0 unspecified atom stereocenters. The van der Waals surface area contributed by atoms with Crippen molar-refractivity contribution in [1.29, 1.82) is 0 Å². The summed E-state index contributed by atoms with van der Waals surface area (Å²) in [6.07, 6.45) is 0.931. The van der Waals surface area contributed by atoms with Gasteiger partial charge in [-0.15, -0.1) is 0 Å². The fourth-order valence-electron chi connectivity index (χ4n) is 2.75. The number of unbranched alkanes of at least 4 members (excludes halogenated alkanes) is 1. The summed E-state index contributed by atoms with van der Waals surface area (Å²) < 4.78 is 6.94. The number of aryl methyl sites for hydroxylation is 4. The van der Waals surface area contributed by atoms with E-state index in [9.17, 15) is 9.59 Å². The number of hydrogen-bond acceptors (Lipinski definition) is 4. The van der Waals surface area contributed by atoms with Gasteiger partial charge in [0.15, 0.2) is 6.10 Å². The Morgan fingerprint density at radius 2 is 1.89 bits per heavy atom. The minimum absolute atomic E-state index is 0.208. The molecule has 0 bridgehead atoms. The number of hydrogen-bond donors (Lipinski definition) is 1. The number of rotatable bonds is 7. The van der Waals surface area contributed by atoms with Crippen molar-refractivity contribution in [3.05, 3.63) is 45.7 Å². The number of halogens is 1. The Kier molecular flexibility index (Phi) is 7.02. The van der Waals surface area contributed by atoms with E-state index in [0.717, 1.165) is 29.7 Å². The second kappa shape index (κ2) is 9.04. The van der Waals surface area contributed by atoms with Gasteiger partial charge < -0.3 is 10.1 Å². The maximum absolute atomic E-state index is 12.5. The Labute approximate surface area is 164 Å². The zero-order chi connectivity index (χ0) is 20.1. The van der Waals surface area contributed by atoms with Crippen molar-refractivity contribution in [1.82, 2.24) is 9.78 Å². The Hall–Kier alpha value is -2.34. The maximum atomic E-state index is 12.5. The highest BCUT2D eigenvalue weighted by Gasteiger charge is 2.26. The van der Waals surface area contributed by atoms with Crippen LogP contribution in [0.15, 0.2) is 18.2 Å². The van der Waals surface area contributed by atoms with Gasteiger partial charge in [-0.25, -0.2) is 4.79 Å². The van der Waals surface area contributed by atoms with E-state index in [1.54, 1.807) is 11.6 Å². The van der Waals surface area contributed by atoms with Crippen LogP contribution in [0.25, 0.3) is 0 Å². The number of nitrogens with zero attached hydrogens (tertiary/aromatic N) is 2. The third kappa shape index (κ3) is 4.89. The highest BCUT2D eigenvalue weighted by molar-refractivity contribution is 6.32. The smallest absolute Gasteiger partial charge is 0.343 e. The summed E-state index contributed by atoms with van der Waals surface area (Å²) >= 11 is 6.29. The van der Waals surface area contributed by atoms with Crippen LogP contribution < -0.4 is 5.32 Å². The average molecular weight is 392 g/mol. The molecule has 2 aromatic rings. The lowest BCUT2D eigenvalue weighted by Crippen LogP contribution is -2.30. The molecule has 0 aliphatic rings. The standard InChI is InChI=1S/C20H26ClN3O3/c1-6-7-11-24-18(21)16(14(4)23-24)20(26)27-15(5)19(25)22-17-12(2)9-8-10-13(17)3/h8-10,15H,6-7,11H2,1-5H3,(H,22,25)/t15-/m0/s1. The van der Waals surface area contributed by atoms with Gasteiger partial charge >= 0.3 is 5.97 Å². The van der Waals surface area contributed by atoms with Crippen molar-refractivity contribution >= 4 is 29.2 Å². The number of carbonyl (C=O) groups excluding carboxylic acids is 2. The van der Waals surface area contributed by atoms with Gasteiger partial charge in [-0.1, -0.05) is 43.1 Å². The molecule has 6 nitrogen and oxygen atoms in total. The van der Waals surface area contributed by atoms with Crippen LogP contribution in [0.3, 0.4) is 0 Å². The molecule has 0 aliphatic heterocycles. The van der Waals surface area contributed by atoms with Crippen molar-refractivity contribution in [2.24, 2.45) is 0 Å². The molecule has 1 amide bonds. The highest BCUT2D eigenvalue weighted by Crippen LogP contribution is 2.23. The molecule has 1 aromatic heterocycles. The molecule has 2 rings (SSSR count). The maximum Gasteiger partial charge on any atom is 0.343 e. The summed E-state index contributed by atoms with van der Waals surface area (Å²) in [5, 5.41) is 7.37. The lowest BCUT2D eigenvalue weighted by atomic mass is 10.1. The third-order valence-electron chi connectivity index (χ3n) is 4.38. The summed E-state index contributed by atoms with van der Waals surface area (Å²) in [7, 11) is 0. The third-order valence-corrected chi connectivity index (χ3v) is 4.76. The van der Waals surface area contributed by atoms with E-state index in [2.05, 4.69) is 17.3 Å². The predicted octanol–water partition coefficient (Wildman–Crippen LogP) is 4.45. The van der Waals surface area contributed by atoms with Crippen LogP contribution in [-0.2, 0) is 16.1 Å². The first kappa shape index (κ1) is 21.0. The fraction of sp³-hybridized carbons (Fsp3) is 0.450. The Bertz CT molecular complexity index is 825. The fourth-order valence-corrected chi connectivity index (χ4v) is 3.09. The molecular formula is C20H26ClN3O3. The number of anilines is 1. The van der Waals surface area contributed by atoms with Crippen molar-refractivity contribution < 1.29 is 14.3 Å². The van der Waals surface area contributed by atoms with Crippen molar-refractivity contribution in [2.45, 2.75) is 60.1 Å². The van der Waals surface area contributed by atoms with Gasteiger partial charge in [0.1, 0.15) is 10.7 Å². The molecule has 27 heavy (non-hydrogen) atoms. The number of benzene rings is 1. The molecule has 1 heterocycles. The monoisotopic (exact) mass is 391 g/mol. The molecule has 0 aliphatic carbocycles. The normalized spacial score (nSPS) is 11.9. The molecule has 146 valence electrons. The minimum Gasteiger partial charge on any atom is -0.449 e. The quantitative estimate of drug-likeness (QED) is 0.708. The summed E-state index contributed by atoms with van der Waals surface area (Å²) in [6, 6.07) is 5.74. The molecule has 0 saturated heterocycles. The Morgan fingerprint density at radius 1 is 1.26 bits per heavy atom. The number of nitrogens with one attached hydrogen (secondary N) is 1. The van der Waals surface area contributed by atoms with E-state index in [1.165, 1.54) is 6.92 Å². The van der Waals surface area contributed by atoms with Crippen LogP contribution in [-0.4, -0.2) is 27.8 Å². The van der Waals surface area contributed by atoms with E-state index in [0.29, 0.717) is 12.2 Å². The second-order valence-electron chi connectivity index (χ2n) is 6.63. The molecule has 0 saturated carbocycles. The first-order valence-electron chi connectivity index (χ1n) is 9.07. The van der Waals surface area contributed by atoms with Crippen LogP contribution in [0.5, 0.6) is 0 Å². The van der Waals surface area contributed by atoms with Crippen molar-refractivity contribution in [2.75, 3.05) is 5.32 Å². The van der Waals surface area contributed by atoms with Crippen LogP contribution in [0.2, 0.25) is 5.15 Å². The summed E-state index contributed by atoms with van der Waals surface area (Å²) in [5.41, 5.74) is 3.31. The lowest BCUT2D eigenvalue weighted by Gasteiger charge is -2.16. The van der Waals surface area contributed by atoms with Crippen LogP contribution in [0.4, 0.5) is 5.69 Å². The van der Waals surface area contributed by atoms with Crippen LogP contribution in [0.1, 0.15) is 53.9 Å². The topological polar surface area (TPSA) is 73.2 Å². The SMILES string of the molecule is CCCCn1nc(C)c(C(=O)O[C@@H](C)C(=O)Nc2c(C)cccc2C)c1Cl. The molecule has 1 aromatic carbocycles. The van der Waals surface area contributed by atoms with E-state index in [-0.39, 0.29) is 10.7 Å². The molecule has 0 fully saturated rings. The number of carbonyl (C=O) groups is 2. The van der Waals surface area contributed by atoms with Gasteiger partial charge in [-0.05, 0) is 45.2 Å².